The SMILES string of the molecule is Cc1ccc2c(C)nnc(N)c2c1. The van der Waals surface area contributed by atoms with E-state index in [9.17, 15) is 0 Å². The average molecular weight is 173 g/mol. The molecule has 2 N–H and O–H groups in total. The van der Waals surface area contributed by atoms with Crippen LogP contribution in [0.1, 0.15) is 11.3 Å². The molecule has 66 valence electrons. The summed E-state index contributed by atoms with van der Waals surface area (Å²) in [5.41, 5.74) is 7.83. The summed E-state index contributed by atoms with van der Waals surface area (Å²) in [6.45, 7) is 3.97. The molecule has 0 aliphatic heterocycles. The van der Waals surface area contributed by atoms with Crippen molar-refractivity contribution in [1.29, 1.82) is 0 Å². The Hall–Kier alpha value is -1.64. The Morgan fingerprint density at radius 3 is 2.62 bits per heavy atom. The molecule has 3 heteroatoms. The lowest BCUT2D eigenvalue weighted by Crippen LogP contribution is -1.97. The average Bonchev–Trinajstić information content (AvgIpc) is 2.12. The second kappa shape index (κ2) is 2.69. The van der Waals surface area contributed by atoms with Gasteiger partial charge in [0.25, 0.3) is 0 Å². The Morgan fingerprint density at radius 1 is 1.08 bits per heavy atom. The van der Waals surface area contributed by atoms with Crippen LogP contribution in [0, 0.1) is 13.8 Å². The third kappa shape index (κ3) is 1.22. The molecular weight excluding hydrogens is 162 g/mol. The minimum atomic E-state index is 0.504. The molecule has 1 aromatic carbocycles. The van der Waals surface area contributed by atoms with Gasteiger partial charge < -0.3 is 5.73 Å². The predicted molar refractivity (Wildman–Crippen MR) is 53.4 cm³/mol. The van der Waals surface area contributed by atoms with Crippen molar-refractivity contribution in [2.24, 2.45) is 0 Å². The molecule has 0 unspecified atom stereocenters. The molecule has 0 radical (unpaired) electrons. The minimum absolute atomic E-state index is 0.504. The molecule has 0 saturated carbocycles. The highest BCUT2D eigenvalue weighted by Crippen LogP contribution is 2.21. The first kappa shape index (κ1) is 7.98. The van der Waals surface area contributed by atoms with Crippen LogP contribution >= 0.6 is 0 Å². The van der Waals surface area contributed by atoms with Crippen molar-refractivity contribution in [1.82, 2.24) is 10.2 Å². The van der Waals surface area contributed by atoms with Crippen LogP contribution in [0.2, 0.25) is 0 Å². The van der Waals surface area contributed by atoms with Gasteiger partial charge in [0.05, 0.1) is 5.69 Å². The largest absolute Gasteiger partial charge is 0.382 e. The van der Waals surface area contributed by atoms with E-state index in [0.29, 0.717) is 5.82 Å². The fourth-order valence-corrected chi connectivity index (χ4v) is 1.42. The van der Waals surface area contributed by atoms with Gasteiger partial charge in [0.1, 0.15) is 0 Å². The van der Waals surface area contributed by atoms with Crippen molar-refractivity contribution in [3.63, 3.8) is 0 Å². The second-order valence-electron chi connectivity index (χ2n) is 3.22. The Labute approximate surface area is 76.6 Å². The maximum absolute atomic E-state index is 5.72. The maximum Gasteiger partial charge on any atom is 0.154 e. The summed E-state index contributed by atoms with van der Waals surface area (Å²) in [6.07, 6.45) is 0. The van der Waals surface area contributed by atoms with E-state index in [-0.39, 0.29) is 0 Å². The van der Waals surface area contributed by atoms with Crippen LogP contribution < -0.4 is 5.73 Å². The van der Waals surface area contributed by atoms with Gasteiger partial charge in [-0.3, -0.25) is 0 Å². The van der Waals surface area contributed by atoms with E-state index >= 15 is 0 Å². The number of nitrogens with zero attached hydrogens (tertiary/aromatic N) is 2. The van der Waals surface area contributed by atoms with Gasteiger partial charge >= 0.3 is 0 Å². The maximum atomic E-state index is 5.72. The van der Waals surface area contributed by atoms with E-state index in [1.807, 2.05) is 26.0 Å². The van der Waals surface area contributed by atoms with E-state index in [4.69, 9.17) is 5.73 Å². The molecule has 0 aliphatic rings. The minimum Gasteiger partial charge on any atom is -0.382 e. The summed E-state index contributed by atoms with van der Waals surface area (Å²) >= 11 is 0. The number of hydrogen-bond donors (Lipinski definition) is 1. The third-order valence-corrected chi connectivity index (χ3v) is 2.15. The third-order valence-electron chi connectivity index (χ3n) is 2.15. The first-order chi connectivity index (χ1) is 6.18. The topological polar surface area (TPSA) is 51.8 Å². The molecule has 13 heavy (non-hydrogen) atoms. The van der Waals surface area contributed by atoms with E-state index < -0.39 is 0 Å². The zero-order valence-corrected chi connectivity index (χ0v) is 7.70. The number of benzene rings is 1. The highest BCUT2D eigenvalue weighted by Gasteiger charge is 2.02. The predicted octanol–water partition coefficient (Wildman–Crippen LogP) is 1.83. The van der Waals surface area contributed by atoms with Crippen LogP contribution in [0.15, 0.2) is 18.2 Å². The summed E-state index contributed by atoms with van der Waals surface area (Å²) in [4.78, 5) is 0. The quantitative estimate of drug-likeness (QED) is 0.661. The van der Waals surface area contributed by atoms with Crippen molar-refractivity contribution in [3.8, 4) is 0 Å². The lowest BCUT2D eigenvalue weighted by molar-refractivity contribution is 1.01. The monoisotopic (exact) mass is 173 g/mol. The van der Waals surface area contributed by atoms with Gasteiger partial charge in [-0.25, -0.2) is 0 Å². The molecule has 2 aromatic rings. The molecule has 0 fully saturated rings. The summed E-state index contributed by atoms with van der Waals surface area (Å²) < 4.78 is 0. The van der Waals surface area contributed by atoms with Gasteiger partial charge in [0, 0.05) is 10.8 Å². The lowest BCUT2D eigenvalue weighted by Gasteiger charge is -2.03. The number of rotatable bonds is 0. The van der Waals surface area contributed by atoms with Crippen molar-refractivity contribution in [3.05, 3.63) is 29.5 Å². The van der Waals surface area contributed by atoms with Crippen LogP contribution in [-0.4, -0.2) is 10.2 Å². The molecule has 0 atom stereocenters. The normalized spacial score (nSPS) is 10.6. The van der Waals surface area contributed by atoms with Crippen LogP contribution in [0.5, 0.6) is 0 Å². The zero-order valence-electron chi connectivity index (χ0n) is 7.70. The van der Waals surface area contributed by atoms with Crippen LogP contribution in [-0.2, 0) is 0 Å². The fourth-order valence-electron chi connectivity index (χ4n) is 1.42. The van der Waals surface area contributed by atoms with Crippen LogP contribution in [0.4, 0.5) is 5.82 Å². The number of nitrogen functional groups attached to an aromatic ring is 1. The molecule has 0 bridgehead atoms. The number of aryl methyl sites for hydroxylation is 2. The highest BCUT2D eigenvalue weighted by molar-refractivity contribution is 5.92. The van der Waals surface area contributed by atoms with Crippen molar-refractivity contribution in [2.45, 2.75) is 13.8 Å². The number of aromatic nitrogens is 2. The first-order valence-corrected chi connectivity index (χ1v) is 4.17. The Kier molecular flexibility index (Phi) is 1.65. The van der Waals surface area contributed by atoms with Gasteiger partial charge in [-0.05, 0) is 19.9 Å². The first-order valence-electron chi connectivity index (χ1n) is 4.17. The second-order valence-corrected chi connectivity index (χ2v) is 3.22. The summed E-state index contributed by atoms with van der Waals surface area (Å²) in [5, 5.41) is 9.91. The number of fused-ring (bicyclic) bond motifs is 1. The van der Waals surface area contributed by atoms with Gasteiger partial charge in [0.15, 0.2) is 5.82 Å². The molecule has 0 amide bonds. The zero-order chi connectivity index (χ0) is 9.42. The molecule has 2 rings (SSSR count). The van der Waals surface area contributed by atoms with E-state index in [1.165, 1.54) is 5.56 Å². The number of nitrogens with two attached hydrogens (primary N) is 1. The summed E-state index contributed by atoms with van der Waals surface area (Å²) in [6, 6.07) is 6.12. The Balaban J connectivity index is 2.92. The van der Waals surface area contributed by atoms with Crippen molar-refractivity contribution < 1.29 is 0 Å². The Morgan fingerprint density at radius 2 is 1.85 bits per heavy atom. The fraction of sp³-hybridized carbons (Fsp3) is 0.200. The molecule has 1 heterocycles. The standard InChI is InChI=1S/C10H11N3/c1-6-3-4-8-7(2)12-13-10(11)9(8)5-6/h3-5H,1-2H3,(H2,11,13). The van der Waals surface area contributed by atoms with Gasteiger partial charge in [-0.2, -0.15) is 5.10 Å². The summed E-state index contributed by atoms with van der Waals surface area (Å²) in [5.74, 6) is 0.504. The molecule has 1 aromatic heterocycles. The van der Waals surface area contributed by atoms with Crippen molar-refractivity contribution in [2.75, 3.05) is 5.73 Å². The van der Waals surface area contributed by atoms with E-state index in [2.05, 4.69) is 16.3 Å². The number of anilines is 1. The van der Waals surface area contributed by atoms with Gasteiger partial charge in [0.2, 0.25) is 0 Å². The Bertz CT molecular complexity index is 463. The molecule has 0 spiro atoms. The van der Waals surface area contributed by atoms with Gasteiger partial charge in [-0.15, -0.1) is 5.10 Å². The van der Waals surface area contributed by atoms with Crippen molar-refractivity contribution >= 4 is 16.6 Å². The van der Waals surface area contributed by atoms with Gasteiger partial charge in [-0.1, -0.05) is 17.7 Å². The molecule has 0 aliphatic carbocycles. The van der Waals surface area contributed by atoms with Crippen LogP contribution in [0.25, 0.3) is 10.8 Å². The highest BCUT2D eigenvalue weighted by atomic mass is 15.1. The van der Waals surface area contributed by atoms with E-state index in [1.54, 1.807) is 0 Å². The summed E-state index contributed by atoms with van der Waals surface area (Å²) in [7, 11) is 0. The van der Waals surface area contributed by atoms with E-state index in [0.717, 1.165) is 16.5 Å². The number of hydrogen-bond acceptors (Lipinski definition) is 3. The lowest BCUT2D eigenvalue weighted by atomic mass is 10.1. The molecule has 3 nitrogen and oxygen atoms in total. The smallest absolute Gasteiger partial charge is 0.154 e. The van der Waals surface area contributed by atoms with Crippen LogP contribution in [0.3, 0.4) is 0 Å². The molecular formula is C10H11N3. The molecule has 0 saturated heterocycles.